The molecule has 0 aromatic carbocycles. The Labute approximate surface area is 150 Å². The molecule has 26 heavy (non-hydrogen) atoms. The Bertz CT molecular complexity index is 1010. The van der Waals surface area contributed by atoms with Crippen molar-refractivity contribution < 1.29 is 4.74 Å². The van der Waals surface area contributed by atoms with Crippen LogP contribution in [0.5, 0.6) is 5.75 Å². The predicted molar refractivity (Wildman–Crippen MR) is 99.2 cm³/mol. The van der Waals surface area contributed by atoms with E-state index in [0.29, 0.717) is 5.75 Å². The molecule has 4 heterocycles. The summed E-state index contributed by atoms with van der Waals surface area (Å²) >= 11 is 0. The van der Waals surface area contributed by atoms with Gasteiger partial charge in [-0.2, -0.15) is 0 Å². The molecule has 0 spiro atoms. The number of rotatable bonds is 6. The molecule has 0 aliphatic heterocycles. The van der Waals surface area contributed by atoms with Gasteiger partial charge >= 0.3 is 0 Å². The number of methoxy groups -OCH3 is 1. The standard InChI is InChI=1S/C19H18N6O/c1-26-16-9-15(11-21-12-16)17-13-24-19-18(23-7-8-25(17)19)22-6-4-14-3-2-5-20-10-14/h2-3,5,7-13H,4,6H2,1H3,(H,22,23). The van der Waals surface area contributed by atoms with Crippen molar-refractivity contribution in [2.75, 3.05) is 19.0 Å². The molecule has 0 fully saturated rings. The van der Waals surface area contributed by atoms with Gasteiger partial charge < -0.3 is 10.1 Å². The fourth-order valence-electron chi connectivity index (χ4n) is 2.80. The lowest BCUT2D eigenvalue weighted by Crippen LogP contribution is -2.08. The third-order valence-electron chi connectivity index (χ3n) is 4.10. The molecule has 4 rings (SSSR count). The van der Waals surface area contributed by atoms with E-state index in [1.807, 2.05) is 35.1 Å². The van der Waals surface area contributed by atoms with E-state index in [9.17, 15) is 0 Å². The number of anilines is 1. The SMILES string of the molecule is COc1cncc(-c2cnc3c(NCCc4cccnc4)nccn23)c1. The minimum Gasteiger partial charge on any atom is -0.495 e. The zero-order valence-corrected chi connectivity index (χ0v) is 14.3. The van der Waals surface area contributed by atoms with Crippen molar-refractivity contribution in [3.63, 3.8) is 0 Å². The molecule has 7 heteroatoms. The molecule has 0 aliphatic rings. The molecule has 0 amide bonds. The van der Waals surface area contributed by atoms with Crippen LogP contribution in [0.1, 0.15) is 5.56 Å². The quantitative estimate of drug-likeness (QED) is 0.578. The average molecular weight is 346 g/mol. The van der Waals surface area contributed by atoms with Crippen LogP contribution in [0.25, 0.3) is 16.9 Å². The highest BCUT2D eigenvalue weighted by atomic mass is 16.5. The smallest absolute Gasteiger partial charge is 0.180 e. The highest BCUT2D eigenvalue weighted by molar-refractivity contribution is 5.70. The van der Waals surface area contributed by atoms with Crippen molar-refractivity contribution in [1.82, 2.24) is 24.3 Å². The van der Waals surface area contributed by atoms with Crippen LogP contribution < -0.4 is 10.1 Å². The van der Waals surface area contributed by atoms with Crippen LogP contribution in [0.2, 0.25) is 0 Å². The summed E-state index contributed by atoms with van der Waals surface area (Å²) in [7, 11) is 1.63. The maximum Gasteiger partial charge on any atom is 0.180 e. The predicted octanol–water partition coefficient (Wildman–Crippen LogP) is 2.85. The molecule has 0 aliphatic carbocycles. The van der Waals surface area contributed by atoms with Gasteiger partial charge in [-0.3, -0.25) is 14.4 Å². The van der Waals surface area contributed by atoms with E-state index in [1.54, 1.807) is 31.9 Å². The zero-order chi connectivity index (χ0) is 17.8. The van der Waals surface area contributed by atoms with E-state index in [0.717, 1.165) is 35.7 Å². The highest BCUT2D eigenvalue weighted by Gasteiger charge is 2.11. The van der Waals surface area contributed by atoms with Gasteiger partial charge in [0.05, 0.1) is 25.2 Å². The Hall–Kier alpha value is -3.48. The van der Waals surface area contributed by atoms with Gasteiger partial charge in [-0.1, -0.05) is 6.07 Å². The van der Waals surface area contributed by atoms with Gasteiger partial charge in [0.25, 0.3) is 0 Å². The van der Waals surface area contributed by atoms with Crippen LogP contribution >= 0.6 is 0 Å². The van der Waals surface area contributed by atoms with Crippen molar-refractivity contribution >= 4 is 11.5 Å². The average Bonchev–Trinajstić information content (AvgIpc) is 3.14. The van der Waals surface area contributed by atoms with Gasteiger partial charge in [0, 0.05) is 43.1 Å². The molecule has 0 saturated heterocycles. The van der Waals surface area contributed by atoms with Crippen molar-refractivity contribution in [3.05, 3.63) is 67.1 Å². The molecule has 1 N–H and O–H groups in total. The summed E-state index contributed by atoms with van der Waals surface area (Å²) in [5.74, 6) is 1.46. The van der Waals surface area contributed by atoms with Crippen molar-refractivity contribution in [3.8, 4) is 17.0 Å². The van der Waals surface area contributed by atoms with Crippen LogP contribution in [-0.4, -0.2) is 38.0 Å². The fraction of sp³-hybridized carbons (Fsp3) is 0.158. The third kappa shape index (κ3) is 3.19. The lowest BCUT2D eigenvalue weighted by Gasteiger charge is -2.08. The van der Waals surface area contributed by atoms with Crippen LogP contribution in [0.15, 0.2) is 61.6 Å². The van der Waals surface area contributed by atoms with Crippen LogP contribution in [0.4, 0.5) is 5.82 Å². The second-order valence-electron chi connectivity index (χ2n) is 5.76. The van der Waals surface area contributed by atoms with E-state index >= 15 is 0 Å². The summed E-state index contributed by atoms with van der Waals surface area (Å²) in [6, 6.07) is 5.94. The largest absolute Gasteiger partial charge is 0.495 e. The highest BCUT2D eigenvalue weighted by Crippen LogP contribution is 2.25. The Kier molecular flexibility index (Phi) is 4.42. The lowest BCUT2D eigenvalue weighted by atomic mass is 10.2. The van der Waals surface area contributed by atoms with Gasteiger partial charge in [0.15, 0.2) is 11.5 Å². The van der Waals surface area contributed by atoms with E-state index < -0.39 is 0 Å². The minimum absolute atomic E-state index is 0.710. The van der Waals surface area contributed by atoms with Crippen molar-refractivity contribution in [2.24, 2.45) is 0 Å². The zero-order valence-electron chi connectivity index (χ0n) is 14.3. The molecular formula is C19H18N6O. The van der Waals surface area contributed by atoms with E-state index in [2.05, 4.69) is 31.3 Å². The summed E-state index contributed by atoms with van der Waals surface area (Å²) < 4.78 is 7.26. The van der Waals surface area contributed by atoms with Gasteiger partial charge in [-0.05, 0) is 24.1 Å². The Balaban J connectivity index is 1.58. The van der Waals surface area contributed by atoms with E-state index in [4.69, 9.17) is 4.74 Å². The maximum absolute atomic E-state index is 5.26. The van der Waals surface area contributed by atoms with Crippen molar-refractivity contribution in [1.29, 1.82) is 0 Å². The molecule has 0 unspecified atom stereocenters. The minimum atomic E-state index is 0.710. The summed E-state index contributed by atoms with van der Waals surface area (Å²) in [6.07, 6.45) is 13.5. The number of pyridine rings is 2. The first kappa shape index (κ1) is 16.0. The number of nitrogens with one attached hydrogen (secondary N) is 1. The fourth-order valence-corrected chi connectivity index (χ4v) is 2.80. The second kappa shape index (κ2) is 7.18. The normalized spacial score (nSPS) is 10.8. The van der Waals surface area contributed by atoms with Crippen molar-refractivity contribution in [2.45, 2.75) is 6.42 Å². The number of imidazole rings is 1. The molecule has 4 aromatic heterocycles. The molecular weight excluding hydrogens is 328 g/mol. The first-order valence-corrected chi connectivity index (χ1v) is 8.29. The van der Waals surface area contributed by atoms with Crippen LogP contribution in [0.3, 0.4) is 0 Å². The van der Waals surface area contributed by atoms with Gasteiger partial charge in [-0.25, -0.2) is 9.97 Å². The van der Waals surface area contributed by atoms with Gasteiger partial charge in [0.2, 0.25) is 0 Å². The first-order valence-electron chi connectivity index (χ1n) is 8.29. The summed E-state index contributed by atoms with van der Waals surface area (Å²) in [5.41, 5.74) is 3.82. The molecule has 7 nitrogen and oxygen atoms in total. The van der Waals surface area contributed by atoms with Gasteiger partial charge in [-0.15, -0.1) is 0 Å². The Morgan fingerprint density at radius 1 is 1.08 bits per heavy atom. The number of nitrogens with zero attached hydrogens (tertiary/aromatic N) is 5. The number of fused-ring (bicyclic) bond motifs is 1. The van der Waals surface area contributed by atoms with E-state index in [-0.39, 0.29) is 0 Å². The van der Waals surface area contributed by atoms with E-state index in [1.165, 1.54) is 5.56 Å². The first-order chi connectivity index (χ1) is 12.8. The Morgan fingerprint density at radius 2 is 2.04 bits per heavy atom. The number of ether oxygens (including phenoxy) is 1. The summed E-state index contributed by atoms with van der Waals surface area (Å²) in [5, 5.41) is 3.36. The van der Waals surface area contributed by atoms with Gasteiger partial charge in [0.1, 0.15) is 5.75 Å². The molecule has 0 atom stereocenters. The number of aromatic nitrogens is 5. The summed E-state index contributed by atoms with van der Waals surface area (Å²) in [4.78, 5) is 17.3. The van der Waals surface area contributed by atoms with Crippen LogP contribution in [0, 0.1) is 0 Å². The number of hydrogen-bond acceptors (Lipinski definition) is 6. The third-order valence-corrected chi connectivity index (χ3v) is 4.10. The lowest BCUT2D eigenvalue weighted by molar-refractivity contribution is 0.413. The van der Waals surface area contributed by atoms with Crippen LogP contribution in [-0.2, 0) is 6.42 Å². The molecule has 0 saturated carbocycles. The molecule has 130 valence electrons. The molecule has 0 radical (unpaired) electrons. The molecule has 0 bridgehead atoms. The Morgan fingerprint density at radius 3 is 2.88 bits per heavy atom. The second-order valence-corrected chi connectivity index (χ2v) is 5.76. The maximum atomic E-state index is 5.26. The topological polar surface area (TPSA) is 77.2 Å². The molecule has 4 aromatic rings. The summed E-state index contributed by atoms with van der Waals surface area (Å²) in [6.45, 7) is 0.751. The monoisotopic (exact) mass is 346 g/mol. The number of hydrogen-bond donors (Lipinski definition) is 1.